The van der Waals surface area contributed by atoms with Crippen molar-refractivity contribution >= 4 is 0 Å². The van der Waals surface area contributed by atoms with Crippen LogP contribution in [0.1, 0.15) is 39.2 Å². The van der Waals surface area contributed by atoms with E-state index in [1.54, 1.807) is 7.11 Å². The molecule has 0 saturated heterocycles. The topological polar surface area (TPSA) is 13.1 Å². The minimum Gasteiger partial charge on any atom is -0.497 e. The molecule has 2 nitrogen and oxygen atoms in total. The van der Waals surface area contributed by atoms with E-state index in [2.05, 4.69) is 77.3 Å². The van der Waals surface area contributed by atoms with Crippen molar-refractivity contribution in [3.8, 4) is 22.6 Å². The SMILES string of the molecule is COc1ccc(-c2c(C)c(C)[n+](-c3c(C)cc(C)cc3C)c(C)c2C)cc1. The van der Waals surface area contributed by atoms with Gasteiger partial charge in [0.05, 0.1) is 7.11 Å². The van der Waals surface area contributed by atoms with Crippen molar-refractivity contribution in [1.82, 2.24) is 0 Å². The van der Waals surface area contributed by atoms with E-state index in [1.807, 2.05) is 12.1 Å². The van der Waals surface area contributed by atoms with Crippen LogP contribution in [-0.2, 0) is 0 Å². The number of methoxy groups -OCH3 is 1. The molecule has 0 aliphatic rings. The highest BCUT2D eigenvalue weighted by Gasteiger charge is 2.26. The average molecular weight is 361 g/mol. The maximum Gasteiger partial charge on any atom is 0.216 e. The minimum absolute atomic E-state index is 0.888. The molecule has 0 aliphatic heterocycles. The molecule has 140 valence electrons. The number of ether oxygens (including phenoxy) is 1. The molecule has 0 N–H and O–H groups in total. The fourth-order valence-corrected chi connectivity index (χ4v) is 4.28. The van der Waals surface area contributed by atoms with Crippen LogP contribution in [0.25, 0.3) is 16.8 Å². The van der Waals surface area contributed by atoms with Crippen molar-refractivity contribution in [2.24, 2.45) is 0 Å². The zero-order chi connectivity index (χ0) is 19.9. The summed E-state index contributed by atoms with van der Waals surface area (Å²) in [6.45, 7) is 15.5. The van der Waals surface area contributed by atoms with Gasteiger partial charge in [0.1, 0.15) is 5.75 Å². The van der Waals surface area contributed by atoms with Gasteiger partial charge in [-0.1, -0.05) is 17.7 Å². The van der Waals surface area contributed by atoms with Gasteiger partial charge < -0.3 is 4.74 Å². The third-order valence-electron chi connectivity index (χ3n) is 5.74. The Bertz CT molecular complexity index is 961. The maximum atomic E-state index is 5.32. The maximum absolute atomic E-state index is 5.32. The van der Waals surface area contributed by atoms with Gasteiger partial charge in [-0.15, -0.1) is 0 Å². The lowest BCUT2D eigenvalue weighted by Gasteiger charge is -2.17. The Morgan fingerprint density at radius 3 is 1.63 bits per heavy atom. The molecule has 2 heteroatoms. The number of rotatable bonds is 3. The van der Waals surface area contributed by atoms with Gasteiger partial charge in [0.15, 0.2) is 11.4 Å². The van der Waals surface area contributed by atoms with Crippen LogP contribution in [0.5, 0.6) is 5.75 Å². The smallest absolute Gasteiger partial charge is 0.216 e. The van der Waals surface area contributed by atoms with Gasteiger partial charge in [0.2, 0.25) is 5.69 Å². The molecule has 0 radical (unpaired) electrons. The second kappa shape index (κ2) is 7.19. The van der Waals surface area contributed by atoms with Gasteiger partial charge in [-0.05, 0) is 70.0 Å². The molecular weight excluding hydrogens is 330 g/mol. The van der Waals surface area contributed by atoms with Crippen LogP contribution in [0.2, 0.25) is 0 Å². The van der Waals surface area contributed by atoms with Crippen LogP contribution in [-0.4, -0.2) is 7.11 Å². The Morgan fingerprint density at radius 2 is 1.19 bits per heavy atom. The first kappa shape index (κ1) is 19.2. The number of aromatic nitrogens is 1. The van der Waals surface area contributed by atoms with E-state index in [0.717, 1.165) is 5.75 Å². The fourth-order valence-electron chi connectivity index (χ4n) is 4.28. The van der Waals surface area contributed by atoms with Crippen molar-refractivity contribution in [2.45, 2.75) is 48.5 Å². The number of pyridine rings is 1. The van der Waals surface area contributed by atoms with E-state index in [0.29, 0.717) is 0 Å². The van der Waals surface area contributed by atoms with E-state index in [4.69, 9.17) is 4.74 Å². The molecule has 0 unspecified atom stereocenters. The third kappa shape index (κ3) is 3.25. The average Bonchev–Trinajstić information content (AvgIpc) is 2.63. The molecule has 3 aromatic rings. The Morgan fingerprint density at radius 1 is 0.704 bits per heavy atom. The molecule has 0 atom stereocenters. The summed E-state index contributed by atoms with van der Waals surface area (Å²) < 4.78 is 7.75. The van der Waals surface area contributed by atoms with Crippen molar-refractivity contribution in [3.05, 3.63) is 75.6 Å². The molecule has 1 aromatic heterocycles. The summed E-state index contributed by atoms with van der Waals surface area (Å²) in [5.41, 5.74) is 13.0. The molecule has 3 rings (SSSR count). The molecule has 0 spiro atoms. The van der Waals surface area contributed by atoms with Crippen LogP contribution in [0, 0.1) is 48.5 Å². The fraction of sp³-hybridized carbons (Fsp3) is 0.320. The summed E-state index contributed by atoms with van der Waals surface area (Å²) in [5.74, 6) is 0.888. The lowest BCUT2D eigenvalue weighted by atomic mass is 9.92. The van der Waals surface area contributed by atoms with Gasteiger partial charge in [-0.3, -0.25) is 0 Å². The lowest BCUT2D eigenvalue weighted by molar-refractivity contribution is -0.611. The molecule has 0 bridgehead atoms. The highest BCUT2D eigenvalue weighted by molar-refractivity contribution is 5.72. The zero-order valence-electron chi connectivity index (χ0n) is 17.8. The quantitative estimate of drug-likeness (QED) is 0.538. The predicted molar refractivity (Wildman–Crippen MR) is 113 cm³/mol. The molecule has 0 amide bonds. The van der Waals surface area contributed by atoms with E-state index in [1.165, 1.54) is 56.0 Å². The van der Waals surface area contributed by atoms with E-state index >= 15 is 0 Å². The molecule has 0 aliphatic carbocycles. The number of hydrogen-bond donors (Lipinski definition) is 0. The number of benzene rings is 2. The monoisotopic (exact) mass is 360 g/mol. The first-order valence-corrected chi connectivity index (χ1v) is 9.51. The van der Waals surface area contributed by atoms with Crippen molar-refractivity contribution in [1.29, 1.82) is 0 Å². The largest absolute Gasteiger partial charge is 0.497 e. The highest BCUT2D eigenvalue weighted by Crippen LogP contribution is 2.32. The molecule has 0 fully saturated rings. The van der Waals surface area contributed by atoms with Crippen molar-refractivity contribution in [2.75, 3.05) is 7.11 Å². The third-order valence-corrected chi connectivity index (χ3v) is 5.74. The highest BCUT2D eigenvalue weighted by atomic mass is 16.5. The summed E-state index contributed by atoms with van der Waals surface area (Å²) in [6.07, 6.45) is 0. The first-order valence-electron chi connectivity index (χ1n) is 9.51. The van der Waals surface area contributed by atoms with Crippen LogP contribution in [0.4, 0.5) is 0 Å². The van der Waals surface area contributed by atoms with Crippen LogP contribution < -0.4 is 9.30 Å². The summed E-state index contributed by atoms with van der Waals surface area (Å²) in [5, 5.41) is 0. The normalized spacial score (nSPS) is 11.0. The number of nitrogens with zero attached hydrogens (tertiary/aromatic N) is 1. The van der Waals surface area contributed by atoms with E-state index < -0.39 is 0 Å². The van der Waals surface area contributed by atoms with Crippen LogP contribution in [0.15, 0.2) is 36.4 Å². The summed E-state index contributed by atoms with van der Waals surface area (Å²) in [6, 6.07) is 12.9. The Kier molecular flexibility index (Phi) is 5.10. The summed E-state index contributed by atoms with van der Waals surface area (Å²) >= 11 is 0. The molecule has 2 aromatic carbocycles. The van der Waals surface area contributed by atoms with Crippen LogP contribution in [0.3, 0.4) is 0 Å². The molecule has 0 saturated carbocycles. The van der Waals surface area contributed by atoms with Crippen molar-refractivity contribution < 1.29 is 9.30 Å². The Balaban J connectivity index is 2.29. The zero-order valence-corrected chi connectivity index (χ0v) is 17.8. The Labute approximate surface area is 163 Å². The first-order chi connectivity index (χ1) is 12.8. The predicted octanol–water partition coefficient (Wildman–Crippen LogP) is 5.80. The second-order valence-corrected chi connectivity index (χ2v) is 7.61. The van der Waals surface area contributed by atoms with Gasteiger partial charge in [0.25, 0.3) is 0 Å². The minimum atomic E-state index is 0.888. The summed E-state index contributed by atoms with van der Waals surface area (Å²) in [4.78, 5) is 0. The van der Waals surface area contributed by atoms with E-state index in [-0.39, 0.29) is 0 Å². The standard InChI is InChI=1S/C25H30NO/c1-15-13-16(2)25(17(3)14-15)26-20(6)18(4)24(19(5)21(26)7)22-9-11-23(27-8)12-10-22/h9-14H,1-8H3/q+1. The summed E-state index contributed by atoms with van der Waals surface area (Å²) in [7, 11) is 1.71. The van der Waals surface area contributed by atoms with Crippen molar-refractivity contribution in [3.63, 3.8) is 0 Å². The molecule has 27 heavy (non-hydrogen) atoms. The molecular formula is C25H30NO+. The van der Waals surface area contributed by atoms with Crippen LogP contribution >= 0.6 is 0 Å². The van der Waals surface area contributed by atoms with Gasteiger partial charge >= 0.3 is 0 Å². The lowest BCUT2D eigenvalue weighted by Crippen LogP contribution is -2.41. The van der Waals surface area contributed by atoms with Gasteiger partial charge in [-0.25, -0.2) is 0 Å². The van der Waals surface area contributed by atoms with Gasteiger partial charge in [-0.2, -0.15) is 4.57 Å². The van der Waals surface area contributed by atoms with E-state index in [9.17, 15) is 0 Å². The number of aryl methyl sites for hydroxylation is 3. The Hall–Kier alpha value is -2.61. The molecule has 1 heterocycles. The second-order valence-electron chi connectivity index (χ2n) is 7.61. The number of hydrogen-bond acceptors (Lipinski definition) is 1. The van der Waals surface area contributed by atoms with Gasteiger partial charge in [0, 0.05) is 36.1 Å².